The summed E-state index contributed by atoms with van der Waals surface area (Å²) in [6.45, 7) is 5.16. The van der Waals surface area contributed by atoms with Gasteiger partial charge in [-0.2, -0.15) is 0 Å². The molecule has 1 unspecified atom stereocenters. The largest absolute Gasteiger partial charge is 0.494 e. The Labute approximate surface area is 116 Å². The predicted molar refractivity (Wildman–Crippen MR) is 74.8 cm³/mol. The van der Waals surface area contributed by atoms with E-state index in [1.54, 1.807) is 6.07 Å². The molecule has 0 saturated heterocycles. The number of benzene rings is 1. The van der Waals surface area contributed by atoms with Crippen LogP contribution in [-0.4, -0.2) is 29.9 Å². The number of hydrogen-bond acceptors (Lipinski definition) is 3. The van der Waals surface area contributed by atoms with Gasteiger partial charge in [0, 0.05) is 18.7 Å². The second-order valence-corrected chi connectivity index (χ2v) is 4.70. The standard InChI is InChI=1S/C13H17FN2O2S/c1-4-18-7-8(2)16-11-6-12(17-3)9(14)5-10(11)15-13(16)19/h5-6,8H,4,7H2,1-3H3,(H,15,19). The zero-order chi connectivity index (χ0) is 14.0. The molecular formula is C13H17FN2O2S. The molecule has 0 amide bonds. The predicted octanol–water partition coefficient (Wildman–Crippen LogP) is 3.44. The molecule has 1 atom stereocenters. The monoisotopic (exact) mass is 284 g/mol. The highest BCUT2D eigenvalue weighted by atomic mass is 32.1. The van der Waals surface area contributed by atoms with Crippen molar-refractivity contribution >= 4 is 23.3 Å². The molecule has 0 fully saturated rings. The van der Waals surface area contributed by atoms with Gasteiger partial charge in [0.1, 0.15) is 0 Å². The minimum Gasteiger partial charge on any atom is -0.494 e. The van der Waals surface area contributed by atoms with Gasteiger partial charge in [-0.1, -0.05) is 0 Å². The van der Waals surface area contributed by atoms with E-state index >= 15 is 0 Å². The van der Waals surface area contributed by atoms with Crippen LogP contribution in [0.25, 0.3) is 11.0 Å². The maximum atomic E-state index is 13.7. The molecule has 0 aliphatic carbocycles. The van der Waals surface area contributed by atoms with Crippen molar-refractivity contribution in [2.45, 2.75) is 19.9 Å². The van der Waals surface area contributed by atoms with Crippen LogP contribution in [0.2, 0.25) is 0 Å². The molecule has 1 heterocycles. The first-order chi connectivity index (χ1) is 9.08. The molecule has 0 bridgehead atoms. The number of methoxy groups -OCH3 is 1. The Kier molecular flexibility index (Phi) is 4.21. The van der Waals surface area contributed by atoms with E-state index in [1.165, 1.54) is 13.2 Å². The minimum absolute atomic E-state index is 0.0661. The number of halogens is 1. The average Bonchev–Trinajstić information content (AvgIpc) is 2.69. The normalized spacial score (nSPS) is 12.8. The fourth-order valence-electron chi connectivity index (χ4n) is 2.08. The average molecular weight is 284 g/mol. The van der Waals surface area contributed by atoms with E-state index in [0.717, 1.165) is 5.52 Å². The van der Waals surface area contributed by atoms with Crippen molar-refractivity contribution in [2.75, 3.05) is 20.3 Å². The van der Waals surface area contributed by atoms with Gasteiger partial charge in [0.2, 0.25) is 0 Å². The van der Waals surface area contributed by atoms with E-state index in [-0.39, 0.29) is 11.8 Å². The number of aromatic amines is 1. The van der Waals surface area contributed by atoms with Gasteiger partial charge < -0.3 is 19.0 Å². The highest BCUT2D eigenvalue weighted by Gasteiger charge is 2.14. The molecule has 19 heavy (non-hydrogen) atoms. The summed E-state index contributed by atoms with van der Waals surface area (Å²) >= 11 is 5.29. The van der Waals surface area contributed by atoms with Crippen molar-refractivity contribution in [3.05, 3.63) is 22.7 Å². The minimum atomic E-state index is -0.407. The SMILES string of the molecule is CCOCC(C)n1c(=S)[nH]c2cc(F)c(OC)cc21. The van der Waals surface area contributed by atoms with Gasteiger partial charge >= 0.3 is 0 Å². The van der Waals surface area contributed by atoms with Crippen LogP contribution < -0.4 is 4.74 Å². The zero-order valence-electron chi connectivity index (χ0n) is 11.2. The quantitative estimate of drug-likeness (QED) is 0.855. The van der Waals surface area contributed by atoms with Gasteiger partial charge in [-0.25, -0.2) is 4.39 Å². The Balaban J connectivity index is 2.54. The summed E-state index contributed by atoms with van der Waals surface area (Å²) < 4.78 is 26.5. The van der Waals surface area contributed by atoms with Crippen molar-refractivity contribution in [2.24, 2.45) is 0 Å². The van der Waals surface area contributed by atoms with E-state index in [2.05, 4.69) is 4.98 Å². The van der Waals surface area contributed by atoms with Crippen LogP contribution in [0.1, 0.15) is 19.9 Å². The molecule has 2 rings (SSSR count). The van der Waals surface area contributed by atoms with E-state index in [4.69, 9.17) is 21.7 Å². The third-order valence-corrected chi connectivity index (χ3v) is 3.29. The molecule has 0 radical (unpaired) electrons. The summed E-state index contributed by atoms with van der Waals surface area (Å²) in [5.74, 6) is -0.199. The van der Waals surface area contributed by atoms with Gasteiger partial charge in [-0.15, -0.1) is 0 Å². The number of imidazole rings is 1. The summed E-state index contributed by atoms with van der Waals surface area (Å²) in [5.41, 5.74) is 1.47. The van der Waals surface area contributed by atoms with Crippen molar-refractivity contribution in [1.82, 2.24) is 9.55 Å². The first-order valence-electron chi connectivity index (χ1n) is 6.14. The van der Waals surface area contributed by atoms with Crippen molar-refractivity contribution in [3.63, 3.8) is 0 Å². The van der Waals surface area contributed by atoms with Gasteiger partial charge in [-0.3, -0.25) is 0 Å². The van der Waals surface area contributed by atoms with Crippen molar-refractivity contribution in [1.29, 1.82) is 0 Å². The first-order valence-corrected chi connectivity index (χ1v) is 6.54. The van der Waals surface area contributed by atoms with Gasteiger partial charge in [-0.05, 0) is 26.1 Å². The molecular weight excluding hydrogens is 267 g/mol. The number of H-pyrrole nitrogens is 1. The van der Waals surface area contributed by atoms with E-state index in [9.17, 15) is 4.39 Å². The fourth-order valence-corrected chi connectivity index (χ4v) is 2.47. The topological polar surface area (TPSA) is 39.2 Å². The number of aromatic nitrogens is 2. The molecule has 4 nitrogen and oxygen atoms in total. The van der Waals surface area contributed by atoms with Crippen LogP contribution in [0, 0.1) is 10.6 Å². The van der Waals surface area contributed by atoms with Crippen LogP contribution in [0.5, 0.6) is 5.75 Å². The molecule has 0 aliphatic heterocycles. The molecule has 1 aromatic heterocycles. The number of rotatable bonds is 5. The number of fused-ring (bicyclic) bond motifs is 1. The second-order valence-electron chi connectivity index (χ2n) is 4.31. The van der Waals surface area contributed by atoms with Gasteiger partial charge in [0.15, 0.2) is 16.3 Å². The van der Waals surface area contributed by atoms with Gasteiger partial charge in [0.25, 0.3) is 0 Å². The fraction of sp³-hybridized carbons (Fsp3) is 0.462. The lowest BCUT2D eigenvalue weighted by atomic mass is 10.2. The lowest BCUT2D eigenvalue weighted by Crippen LogP contribution is -2.12. The smallest absolute Gasteiger partial charge is 0.178 e. The third-order valence-electron chi connectivity index (χ3n) is 2.99. The summed E-state index contributed by atoms with van der Waals surface area (Å²) in [7, 11) is 1.44. The maximum Gasteiger partial charge on any atom is 0.178 e. The van der Waals surface area contributed by atoms with E-state index in [1.807, 2.05) is 18.4 Å². The molecule has 2 aromatic rings. The summed E-state index contributed by atoms with van der Waals surface area (Å²) in [6.07, 6.45) is 0. The molecule has 0 saturated carbocycles. The molecule has 0 spiro atoms. The summed E-state index contributed by atoms with van der Waals surface area (Å²) in [6, 6.07) is 3.11. The third kappa shape index (κ3) is 2.64. The highest BCUT2D eigenvalue weighted by Crippen LogP contribution is 2.26. The van der Waals surface area contributed by atoms with Gasteiger partial charge in [0.05, 0.1) is 30.8 Å². The molecule has 104 valence electrons. The summed E-state index contributed by atoms with van der Waals surface area (Å²) in [5, 5.41) is 0. The molecule has 6 heteroatoms. The first kappa shape index (κ1) is 14.0. The Morgan fingerprint density at radius 2 is 2.21 bits per heavy atom. The lowest BCUT2D eigenvalue weighted by molar-refractivity contribution is 0.119. The van der Waals surface area contributed by atoms with Crippen LogP contribution in [-0.2, 0) is 4.74 Å². The second kappa shape index (κ2) is 5.71. The van der Waals surface area contributed by atoms with Crippen LogP contribution in [0.4, 0.5) is 4.39 Å². The number of ether oxygens (including phenoxy) is 2. The molecule has 1 N–H and O–H groups in total. The Bertz CT molecular complexity index is 635. The summed E-state index contributed by atoms with van der Waals surface area (Å²) in [4.78, 5) is 3.00. The van der Waals surface area contributed by atoms with E-state index in [0.29, 0.717) is 23.5 Å². The zero-order valence-corrected chi connectivity index (χ0v) is 12.0. The number of nitrogens with zero attached hydrogens (tertiary/aromatic N) is 1. The lowest BCUT2D eigenvalue weighted by Gasteiger charge is -2.14. The maximum absolute atomic E-state index is 13.7. The van der Waals surface area contributed by atoms with E-state index < -0.39 is 5.82 Å². The molecule has 0 aliphatic rings. The van der Waals surface area contributed by atoms with Crippen LogP contribution >= 0.6 is 12.2 Å². The number of nitrogens with one attached hydrogen (secondary N) is 1. The Morgan fingerprint density at radius 1 is 1.47 bits per heavy atom. The van der Waals surface area contributed by atoms with Crippen LogP contribution in [0.15, 0.2) is 12.1 Å². The molecule has 1 aromatic carbocycles. The van der Waals surface area contributed by atoms with Crippen molar-refractivity contribution in [3.8, 4) is 5.75 Å². The number of hydrogen-bond donors (Lipinski definition) is 1. The van der Waals surface area contributed by atoms with Crippen LogP contribution in [0.3, 0.4) is 0 Å². The Hall–Kier alpha value is -1.40. The highest BCUT2D eigenvalue weighted by molar-refractivity contribution is 7.71. The van der Waals surface area contributed by atoms with Crippen molar-refractivity contribution < 1.29 is 13.9 Å². The Morgan fingerprint density at radius 3 is 2.84 bits per heavy atom.